The highest BCUT2D eigenvalue weighted by Gasteiger charge is 2.27. The Morgan fingerprint density at radius 1 is 0.837 bits per heavy atom. The van der Waals surface area contributed by atoms with E-state index in [9.17, 15) is 44.0 Å². The Bertz CT molecular complexity index is 2500. The standard InChI is InChI=1S/C27H25ClN8O10S3/c1-13(29-2)12-30-26-32-25(28)33-27(34-26)31-19-11-16(47(38,39)40)9-15-10-20(48(41,42)43)22(23(37)21(15)19)36-35-18-8-7-14-5-3-4-6-17(14)24(18)49(44,45)46/h3-11,13,29,37H,12H2,1-2H3,(H,38,39,40)(H,41,42,43)(H,44,45,46)(H2,30,31,32,33,34). The maximum atomic E-state index is 12.5. The summed E-state index contributed by atoms with van der Waals surface area (Å²) in [6.07, 6.45) is 0. The summed E-state index contributed by atoms with van der Waals surface area (Å²) < 4.78 is 104. The summed E-state index contributed by atoms with van der Waals surface area (Å²) in [5, 5.41) is 27.1. The van der Waals surface area contributed by atoms with Gasteiger partial charge in [0.15, 0.2) is 5.75 Å². The summed E-state index contributed by atoms with van der Waals surface area (Å²) >= 11 is 6.07. The lowest BCUT2D eigenvalue weighted by molar-refractivity contribution is 0.472. The average molecular weight is 753 g/mol. The number of rotatable bonds is 11. The zero-order valence-electron chi connectivity index (χ0n) is 25.1. The molecular formula is C27H25ClN8O10S3. The SMILES string of the molecule is CNC(C)CNc1nc(Cl)nc(Nc2cc(S(=O)(=O)O)cc3cc(S(=O)(=O)O)c(N=Nc4ccc5ccccc5c4S(=O)(=O)O)c(O)c23)n1. The molecule has 1 heterocycles. The molecule has 0 fully saturated rings. The lowest BCUT2D eigenvalue weighted by Crippen LogP contribution is -2.29. The minimum Gasteiger partial charge on any atom is -0.505 e. The van der Waals surface area contributed by atoms with Crippen LogP contribution in [0.1, 0.15) is 6.92 Å². The summed E-state index contributed by atoms with van der Waals surface area (Å²) in [6.45, 7) is 2.21. The zero-order valence-corrected chi connectivity index (χ0v) is 28.3. The molecule has 258 valence electrons. The van der Waals surface area contributed by atoms with Crippen LogP contribution in [-0.2, 0) is 30.4 Å². The Balaban J connectivity index is 1.75. The van der Waals surface area contributed by atoms with Crippen LogP contribution in [0.15, 0.2) is 79.5 Å². The van der Waals surface area contributed by atoms with E-state index in [0.29, 0.717) is 11.9 Å². The van der Waals surface area contributed by atoms with Crippen molar-refractivity contribution in [3.05, 3.63) is 59.9 Å². The van der Waals surface area contributed by atoms with E-state index in [1.165, 1.54) is 24.3 Å². The van der Waals surface area contributed by atoms with Gasteiger partial charge in [0.25, 0.3) is 30.4 Å². The quantitative estimate of drug-likeness (QED) is 0.0724. The number of phenols is 1. The van der Waals surface area contributed by atoms with Crippen LogP contribution in [0.2, 0.25) is 5.28 Å². The maximum absolute atomic E-state index is 12.5. The topological polar surface area (TPSA) is 283 Å². The van der Waals surface area contributed by atoms with Crippen LogP contribution in [0.3, 0.4) is 0 Å². The molecule has 0 saturated carbocycles. The molecule has 0 aliphatic rings. The van der Waals surface area contributed by atoms with Crippen LogP contribution < -0.4 is 16.0 Å². The first-order valence-electron chi connectivity index (χ1n) is 13.7. The Hall–Kier alpha value is -4.61. The Morgan fingerprint density at radius 3 is 2.18 bits per heavy atom. The third-order valence-electron chi connectivity index (χ3n) is 6.99. The van der Waals surface area contributed by atoms with E-state index >= 15 is 0 Å². The number of hydrogen-bond acceptors (Lipinski definition) is 15. The average Bonchev–Trinajstić information content (AvgIpc) is 3.00. The van der Waals surface area contributed by atoms with Gasteiger partial charge in [-0.05, 0) is 60.6 Å². The van der Waals surface area contributed by atoms with Crippen LogP contribution >= 0.6 is 11.6 Å². The zero-order chi connectivity index (χ0) is 35.9. The van der Waals surface area contributed by atoms with Crippen LogP contribution in [-0.4, -0.2) is 78.6 Å². The van der Waals surface area contributed by atoms with Crippen molar-refractivity contribution in [2.45, 2.75) is 27.7 Å². The summed E-state index contributed by atoms with van der Waals surface area (Å²) in [5.41, 5.74) is -1.71. The molecule has 7 N–H and O–H groups in total. The highest BCUT2D eigenvalue weighted by Crippen LogP contribution is 2.46. The molecule has 1 aromatic heterocycles. The fourth-order valence-electron chi connectivity index (χ4n) is 4.64. The monoisotopic (exact) mass is 752 g/mol. The number of aromatic nitrogens is 3. The van der Waals surface area contributed by atoms with Crippen molar-refractivity contribution in [2.75, 3.05) is 24.2 Å². The Labute approximate surface area is 283 Å². The van der Waals surface area contributed by atoms with Gasteiger partial charge in [-0.3, -0.25) is 13.7 Å². The fourth-order valence-corrected chi connectivity index (χ4v) is 6.84. The number of fused-ring (bicyclic) bond motifs is 2. The van der Waals surface area contributed by atoms with E-state index < -0.39 is 62.2 Å². The third-order valence-corrected chi connectivity index (χ3v) is 9.80. The van der Waals surface area contributed by atoms with Gasteiger partial charge >= 0.3 is 0 Å². The number of anilines is 3. The molecule has 0 radical (unpaired) electrons. The number of phenolic OH excluding ortho intramolecular Hbond substituents is 1. The number of azo groups is 1. The number of hydrogen-bond donors (Lipinski definition) is 7. The van der Waals surface area contributed by atoms with Crippen molar-refractivity contribution in [2.24, 2.45) is 10.2 Å². The van der Waals surface area contributed by atoms with Gasteiger partial charge in [0.2, 0.25) is 17.2 Å². The molecule has 18 nitrogen and oxygen atoms in total. The van der Waals surface area contributed by atoms with Gasteiger partial charge < -0.3 is 21.1 Å². The minimum absolute atomic E-state index is 0.00256. The molecule has 0 amide bonds. The number of benzene rings is 4. The summed E-state index contributed by atoms with van der Waals surface area (Å²) in [4.78, 5) is 9.54. The minimum atomic E-state index is -5.25. The van der Waals surface area contributed by atoms with Gasteiger partial charge in [-0.25, -0.2) is 0 Å². The molecule has 1 unspecified atom stereocenters. The summed E-state index contributed by atoms with van der Waals surface area (Å²) in [7, 11) is -13.4. The second-order valence-electron chi connectivity index (χ2n) is 10.3. The number of likely N-dealkylation sites (N-methyl/N-ethyl adjacent to an activating group) is 1. The molecule has 0 bridgehead atoms. The Kier molecular flexibility index (Phi) is 9.73. The van der Waals surface area contributed by atoms with Crippen molar-refractivity contribution >= 4 is 92.5 Å². The molecule has 22 heteroatoms. The van der Waals surface area contributed by atoms with Crippen molar-refractivity contribution in [1.29, 1.82) is 0 Å². The molecule has 4 aromatic carbocycles. The van der Waals surface area contributed by atoms with Crippen molar-refractivity contribution in [3.63, 3.8) is 0 Å². The molecular weight excluding hydrogens is 728 g/mol. The van der Waals surface area contributed by atoms with Gasteiger partial charge in [0, 0.05) is 23.4 Å². The van der Waals surface area contributed by atoms with E-state index in [1.54, 1.807) is 19.2 Å². The lowest BCUT2D eigenvalue weighted by atomic mass is 10.1. The van der Waals surface area contributed by atoms with E-state index in [0.717, 1.165) is 18.2 Å². The molecule has 0 saturated heterocycles. The number of aromatic hydroxyl groups is 1. The summed E-state index contributed by atoms with van der Waals surface area (Å²) in [5.74, 6) is -1.30. The largest absolute Gasteiger partial charge is 0.505 e. The molecule has 0 aliphatic heterocycles. The normalized spacial score (nSPS) is 13.3. The van der Waals surface area contributed by atoms with Gasteiger partial charge in [-0.1, -0.05) is 30.3 Å². The maximum Gasteiger partial charge on any atom is 0.297 e. The van der Waals surface area contributed by atoms with Crippen molar-refractivity contribution in [3.8, 4) is 5.75 Å². The number of halogens is 1. The predicted octanol–water partition coefficient (Wildman–Crippen LogP) is 4.46. The second-order valence-corrected chi connectivity index (χ2v) is 14.9. The second kappa shape index (κ2) is 13.4. The van der Waals surface area contributed by atoms with Crippen molar-refractivity contribution in [1.82, 2.24) is 20.3 Å². The van der Waals surface area contributed by atoms with Crippen LogP contribution in [0.4, 0.5) is 29.0 Å². The summed E-state index contributed by atoms with van der Waals surface area (Å²) in [6, 6.07) is 11.1. The van der Waals surface area contributed by atoms with Crippen LogP contribution in [0.25, 0.3) is 21.5 Å². The third kappa shape index (κ3) is 7.84. The first-order valence-corrected chi connectivity index (χ1v) is 18.4. The molecule has 0 spiro atoms. The highest BCUT2D eigenvalue weighted by molar-refractivity contribution is 7.86. The van der Waals surface area contributed by atoms with Crippen LogP contribution in [0, 0.1) is 0 Å². The van der Waals surface area contributed by atoms with E-state index in [2.05, 4.69) is 41.1 Å². The molecule has 0 aliphatic carbocycles. The molecule has 5 aromatic rings. The first-order chi connectivity index (χ1) is 22.9. The molecule has 1 atom stereocenters. The predicted molar refractivity (Wildman–Crippen MR) is 178 cm³/mol. The molecule has 49 heavy (non-hydrogen) atoms. The van der Waals surface area contributed by atoms with E-state index in [1.807, 2.05) is 6.92 Å². The van der Waals surface area contributed by atoms with Gasteiger partial charge in [-0.2, -0.15) is 40.2 Å². The fraction of sp³-hybridized carbons (Fsp3) is 0.148. The molecule has 5 rings (SSSR count). The van der Waals surface area contributed by atoms with E-state index in [-0.39, 0.29) is 45.1 Å². The van der Waals surface area contributed by atoms with E-state index in [4.69, 9.17) is 11.6 Å². The Morgan fingerprint density at radius 2 is 1.53 bits per heavy atom. The number of nitrogens with zero attached hydrogens (tertiary/aromatic N) is 5. The first kappa shape index (κ1) is 35.7. The highest BCUT2D eigenvalue weighted by atomic mass is 35.5. The smallest absolute Gasteiger partial charge is 0.297 e. The van der Waals surface area contributed by atoms with Crippen LogP contribution in [0.5, 0.6) is 5.75 Å². The van der Waals surface area contributed by atoms with Gasteiger partial charge in [0.1, 0.15) is 21.2 Å². The number of nitrogens with one attached hydrogen (secondary N) is 3. The van der Waals surface area contributed by atoms with Gasteiger partial charge in [0.05, 0.1) is 10.6 Å². The van der Waals surface area contributed by atoms with Crippen molar-refractivity contribution < 1.29 is 44.0 Å². The van der Waals surface area contributed by atoms with Gasteiger partial charge in [-0.15, -0.1) is 10.2 Å². The lowest BCUT2D eigenvalue weighted by Gasteiger charge is -2.16.